The van der Waals surface area contributed by atoms with Gasteiger partial charge in [-0.15, -0.1) is 0 Å². The Balaban J connectivity index is 1.49. The van der Waals surface area contributed by atoms with Gasteiger partial charge in [-0.25, -0.2) is 9.79 Å². The molecule has 1 aliphatic rings. The second-order valence-electron chi connectivity index (χ2n) is 7.14. The summed E-state index contributed by atoms with van der Waals surface area (Å²) in [6.45, 7) is 1.90. The SMILES string of the molecule is COc1cc(C=C2SC(=Nc3cccc(Cl)c3C)NC2=O)ccc1OCc1ccc(C(=O)O)o1. The van der Waals surface area contributed by atoms with Crippen molar-refractivity contribution in [1.29, 1.82) is 0 Å². The van der Waals surface area contributed by atoms with Gasteiger partial charge in [0.1, 0.15) is 12.4 Å². The molecule has 0 unspecified atom stereocenters. The molecule has 0 atom stereocenters. The van der Waals surface area contributed by atoms with Gasteiger partial charge in [0, 0.05) is 5.02 Å². The normalized spacial score (nSPS) is 15.6. The molecule has 0 spiro atoms. The van der Waals surface area contributed by atoms with Crippen molar-refractivity contribution in [2.24, 2.45) is 4.99 Å². The quantitative estimate of drug-likeness (QED) is 0.418. The van der Waals surface area contributed by atoms with Crippen LogP contribution in [0, 0.1) is 6.92 Å². The van der Waals surface area contributed by atoms with E-state index in [0.717, 1.165) is 11.1 Å². The third-order valence-corrected chi connectivity index (χ3v) is 6.16. The summed E-state index contributed by atoms with van der Waals surface area (Å²) in [5.74, 6) is -0.299. The topological polar surface area (TPSA) is 110 Å². The monoisotopic (exact) mass is 498 g/mol. The maximum Gasteiger partial charge on any atom is 0.371 e. The fraction of sp³-hybridized carbons (Fsp3) is 0.125. The van der Waals surface area contributed by atoms with Gasteiger partial charge in [-0.2, -0.15) is 0 Å². The van der Waals surface area contributed by atoms with E-state index in [-0.39, 0.29) is 18.3 Å². The molecule has 2 N–H and O–H groups in total. The number of nitrogens with zero attached hydrogens (tertiary/aromatic N) is 1. The number of carboxylic acids is 1. The molecule has 0 radical (unpaired) electrons. The first-order valence-electron chi connectivity index (χ1n) is 10.0. The van der Waals surface area contributed by atoms with E-state index in [1.165, 1.54) is 31.0 Å². The number of rotatable bonds is 7. The van der Waals surface area contributed by atoms with E-state index < -0.39 is 5.97 Å². The minimum absolute atomic E-state index is 0.0328. The maximum atomic E-state index is 12.4. The molecule has 1 aromatic heterocycles. The number of furan rings is 1. The Morgan fingerprint density at radius 3 is 2.79 bits per heavy atom. The molecule has 10 heteroatoms. The number of amides is 1. The minimum atomic E-state index is -1.15. The smallest absolute Gasteiger partial charge is 0.371 e. The fourth-order valence-electron chi connectivity index (χ4n) is 3.07. The van der Waals surface area contributed by atoms with Crippen molar-refractivity contribution in [2.75, 3.05) is 7.11 Å². The molecule has 4 rings (SSSR count). The van der Waals surface area contributed by atoms with Crippen LogP contribution in [0.15, 0.2) is 62.8 Å². The van der Waals surface area contributed by atoms with Crippen LogP contribution in [-0.4, -0.2) is 29.3 Å². The van der Waals surface area contributed by atoms with E-state index in [1.807, 2.05) is 13.0 Å². The molecule has 2 heterocycles. The lowest BCUT2D eigenvalue weighted by Gasteiger charge is -2.10. The Morgan fingerprint density at radius 2 is 2.06 bits per heavy atom. The highest BCUT2D eigenvalue weighted by molar-refractivity contribution is 8.18. The van der Waals surface area contributed by atoms with Gasteiger partial charge in [-0.05, 0) is 72.3 Å². The first kappa shape index (κ1) is 23.5. The molecule has 1 fully saturated rings. The van der Waals surface area contributed by atoms with Crippen LogP contribution < -0.4 is 14.8 Å². The number of carbonyl (C=O) groups is 2. The first-order chi connectivity index (χ1) is 16.3. The van der Waals surface area contributed by atoms with Crippen LogP contribution in [0.5, 0.6) is 11.5 Å². The Hall–Kier alpha value is -3.69. The standard InChI is InChI=1S/C24H19ClN2O6S/c1-13-16(25)4-3-5-17(13)26-24-27-22(28)21(34-24)11-14-6-8-18(20(10-14)31-2)32-12-15-7-9-19(33-15)23(29)30/h3-11H,12H2,1-2H3,(H,29,30)(H,26,27,28). The summed E-state index contributed by atoms with van der Waals surface area (Å²) in [5.41, 5.74) is 2.25. The molecule has 174 valence electrons. The number of methoxy groups -OCH3 is 1. The molecule has 0 saturated carbocycles. The number of carboxylic acid groups (broad SMARTS) is 1. The number of nitrogens with one attached hydrogen (secondary N) is 1. The Bertz CT molecular complexity index is 1330. The van der Waals surface area contributed by atoms with Crippen LogP contribution in [0.2, 0.25) is 5.02 Å². The third kappa shape index (κ3) is 5.27. The van der Waals surface area contributed by atoms with Gasteiger partial charge >= 0.3 is 5.97 Å². The average molecular weight is 499 g/mol. The van der Waals surface area contributed by atoms with E-state index in [9.17, 15) is 9.59 Å². The maximum absolute atomic E-state index is 12.4. The van der Waals surface area contributed by atoms with Crippen LogP contribution >= 0.6 is 23.4 Å². The number of ether oxygens (including phenoxy) is 2. The zero-order valence-electron chi connectivity index (χ0n) is 18.1. The minimum Gasteiger partial charge on any atom is -0.493 e. The van der Waals surface area contributed by atoms with Gasteiger partial charge in [-0.3, -0.25) is 4.79 Å². The Labute approximate surface area is 204 Å². The van der Waals surface area contributed by atoms with Crippen LogP contribution in [0.25, 0.3) is 6.08 Å². The lowest BCUT2D eigenvalue weighted by Crippen LogP contribution is -2.19. The first-order valence-corrected chi connectivity index (χ1v) is 11.2. The van der Waals surface area contributed by atoms with Gasteiger partial charge in [0.15, 0.2) is 16.7 Å². The Kier molecular flexibility index (Phi) is 6.95. The van der Waals surface area contributed by atoms with Gasteiger partial charge in [-0.1, -0.05) is 23.7 Å². The average Bonchev–Trinajstić information content (AvgIpc) is 3.42. The Morgan fingerprint density at radius 1 is 1.24 bits per heavy atom. The van der Waals surface area contributed by atoms with Crippen molar-refractivity contribution in [3.05, 3.63) is 81.1 Å². The molecular weight excluding hydrogens is 480 g/mol. The van der Waals surface area contributed by atoms with E-state index in [4.69, 9.17) is 30.6 Å². The van der Waals surface area contributed by atoms with Gasteiger partial charge in [0.2, 0.25) is 5.76 Å². The third-order valence-electron chi connectivity index (χ3n) is 4.84. The number of aliphatic imine (C=N–C) groups is 1. The largest absolute Gasteiger partial charge is 0.493 e. The van der Waals surface area contributed by atoms with Crippen LogP contribution in [0.1, 0.15) is 27.4 Å². The van der Waals surface area contributed by atoms with E-state index in [0.29, 0.717) is 38.0 Å². The summed E-state index contributed by atoms with van der Waals surface area (Å²) in [6, 6.07) is 13.5. The van der Waals surface area contributed by atoms with Crippen LogP contribution in [0.3, 0.4) is 0 Å². The van der Waals surface area contributed by atoms with Gasteiger partial charge < -0.3 is 24.3 Å². The second kappa shape index (κ2) is 10.1. The number of halogens is 1. The van der Waals surface area contributed by atoms with Crippen molar-refractivity contribution >= 4 is 52.2 Å². The van der Waals surface area contributed by atoms with E-state index in [2.05, 4.69) is 10.3 Å². The summed E-state index contributed by atoms with van der Waals surface area (Å²) in [5, 5.41) is 12.8. The van der Waals surface area contributed by atoms with Crippen LogP contribution in [0.4, 0.5) is 5.69 Å². The second-order valence-corrected chi connectivity index (χ2v) is 8.57. The molecule has 3 aromatic rings. The van der Waals surface area contributed by atoms with Crippen molar-refractivity contribution in [2.45, 2.75) is 13.5 Å². The summed E-state index contributed by atoms with van der Waals surface area (Å²) in [4.78, 5) is 28.4. The highest BCUT2D eigenvalue weighted by Gasteiger charge is 2.24. The lowest BCUT2D eigenvalue weighted by molar-refractivity contribution is -0.115. The number of benzene rings is 2. The predicted molar refractivity (Wildman–Crippen MR) is 130 cm³/mol. The highest BCUT2D eigenvalue weighted by Crippen LogP contribution is 2.33. The van der Waals surface area contributed by atoms with Crippen molar-refractivity contribution in [3.63, 3.8) is 0 Å². The van der Waals surface area contributed by atoms with Crippen molar-refractivity contribution in [3.8, 4) is 11.5 Å². The zero-order chi connectivity index (χ0) is 24.2. The summed E-state index contributed by atoms with van der Waals surface area (Å²) >= 11 is 7.38. The zero-order valence-corrected chi connectivity index (χ0v) is 19.7. The van der Waals surface area contributed by atoms with Crippen LogP contribution in [-0.2, 0) is 11.4 Å². The van der Waals surface area contributed by atoms with E-state index >= 15 is 0 Å². The number of hydrogen-bond acceptors (Lipinski definition) is 7. The number of thioether (sulfide) groups is 1. The number of amidine groups is 1. The van der Waals surface area contributed by atoms with Crippen molar-refractivity contribution in [1.82, 2.24) is 5.32 Å². The van der Waals surface area contributed by atoms with Gasteiger partial charge in [0.25, 0.3) is 5.91 Å². The van der Waals surface area contributed by atoms with E-state index in [1.54, 1.807) is 36.4 Å². The summed E-state index contributed by atoms with van der Waals surface area (Å²) in [6.07, 6.45) is 1.73. The molecule has 34 heavy (non-hydrogen) atoms. The molecule has 1 amide bonds. The van der Waals surface area contributed by atoms with Gasteiger partial charge in [0.05, 0.1) is 17.7 Å². The lowest BCUT2D eigenvalue weighted by atomic mass is 10.2. The molecule has 1 aliphatic heterocycles. The molecular formula is C24H19ClN2O6S. The fourth-order valence-corrected chi connectivity index (χ4v) is 4.08. The molecule has 0 aliphatic carbocycles. The predicted octanol–water partition coefficient (Wildman–Crippen LogP) is 5.42. The summed E-state index contributed by atoms with van der Waals surface area (Å²) in [7, 11) is 1.50. The molecule has 2 aromatic carbocycles. The number of aromatic carboxylic acids is 1. The molecule has 8 nitrogen and oxygen atoms in total. The molecule has 0 bridgehead atoms. The number of hydrogen-bond donors (Lipinski definition) is 2. The van der Waals surface area contributed by atoms with Crippen molar-refractivity contribution < 1.29 is 28.6 Å². The highest BCUT2D eigenvalue weighted by atomic mass is 35.5. The summed E-state index contributed by atoms with van der Waals surface area (Å²) < 4.78 is 16.3. The molecule has 1 saturated heterocycles. The number of carbonyl (C=O) groups excluding carboxylic acids is 1.